The molecule has 0 heterocycles. The molecule has 2 N–H and O–H groups in total. The van der Waals surface area contributed by atoms with Crippen LogP contribution in [0, 0.1) is 11.3 Å². The van der Waals surface area contributed by atoms with Crippen LogP contribution in [0.4, 0.5) is 11.4 Å². The van der Waals surface area contributed by atoms with E-state index in [1.807, 2.05) is 42.5 Å². The highest BCUT2D eigenvalue weighted by Crippen LogP contribution is 2.24. The van der Waals surface area contributed by atoms with E-state index in [1.165, 1.54) is 26.0 Å². The summed E-state index contributed by atoms with van der Waals surface area (Å²) >= 11 is 0. The largest absolute Gasteiger partial charge is 0.457 e. The summed E-state index contributed by atoms with van der Waals surface area (Å²) in [5, 5.41) is 14.5. The zero-order valence-electron chi connectivity index (χ0n) is 17.6. The van der Waals surface area contributed by atoms with Crippen molar-refractivity contribution in [3.63, 3.8) is 0 Å². The van der Waals surface area contributed by atoms with Gasteiger partial charge in [-0.3, -0.25) is 9.59 Å². The molecule has 7 heteroatoms. The maximum Gasteiger partial charge on any atom is 0.338 e. The van der Waals surface area contributed by atoms with Crippen LogP contribution in [-0.4, -0.2) is 17.8 Å². The number of nitrogens with one attached hydrogen (secondary N) is 2. The topological polar surface area (TPSA) is 108 Å². The number of benzene rings is 3. The highest BCUT2D eigenvalue weighted by molar-refractivity contribution is 5.97. The van der Waals surface area contributed by atoms with Crippen LogP contribution in [0.25, 0.3) is 11.1 Å². The Hall–Kier alpha value is -4.44. The van der Waals surface area contributed by atoms with Crippen molar-refractivity contribution in [3.8, 4) is 17.2 Å². The Morgan fingerprint density at radius 3 is 2.03 bits per heavy atom. The van der Waals surface area contributed by atoms with E-state index >= 15 is 0 Å². The van der Waals surface area contributed by atoms with Crippen molar-refractivity contribution >= 4 is 29.2 Å². The zero-order chi connectivity index (χ0) is 23.1. The molecular weight excluding hydrogens is 406 g/mol. The maximum atomic E-state index is 12.6. The lowest BCUT2D eigenvalue weighted by Gasteiger charge is -2.11. The molecule has 7 nitrogen and oxygen atoms in total. The third kappa shape index (κ3) is 5.80. The van der Waals surface area contributed by atoms with Crippen molar-refractivity contribution in [3.05, 3.63) is 83.4 Å². The molecule has 3 aromatic carbocycles. The molecule has 0 atom stereocenters. The Balaban J connectivity index is 1.73. The second-order valence-corrected chi connectivity index (χ2v) is 7.09. The Kier molecular flexibility index (Phi) is 6.99. The summed E-state index contributed by atoms with van der Waals surface area (Å²) in [6.45, 7) is 2.74. The van der Waals surface area contributed by atoms with Gasteiger partial charge in [-0.25, -0.2) is 4.79 Å². The summed E-state index contributed by atoms with van der Waals surface area (Å²) in [5.41, 5.74) is 4.02. The van der Waals surface area contributed by atoms with E-state index in [-0.39, 0.29) is 24.0 Å². The van der Waals surface area contributed by atoms with Gasteiger partial charge in [0.25, 0.3) is 0 Å². The summed E-state index contributed by atoms with van der Waals surface area (Å²) in [5.74, 6) is -1.20. The van der Waals surface area contributed by atoms with Crippen LogP contribution < -0.4 is 10.6 Å². The number of nitriles is 1. The highest BCUT2D eigenvalue weighted by atomic mass is 16.5. The fraction of sp³-hybridized carbons (Fsp3) is 0.120. The standard InChI is InChI=1S/C25H21N3O4/c1-16(29)27-22-11-21(12-23(13-22)28-17(2)30)25(31)32-15-18-7-9-19(10-8-18)24-6-4-3-5-20(24)14-26/h3-13H,15H2,1-2H3,(H,27,29)(H,28,30). The molecule has 0 bridgehead atoms. The molecular formula is C25H21N3O4. The van der Waals surface area contributed by atoms with Gasteiger partial charge in [0, 0.05) is 25.2 Å². The quantitative estimate of drug-likeness (QED) is 0.563. The first kappa shape index (κ1) is 22.2. The number of esters is 1. The van der Waals surface area contributed by atoms with E-state index in [1.54, 1.807) is 12.1 Å². The normalized spacial score (nSPS) is 10.0. The lowest BCUT2D eigenvalue weighted by atomic mass is 9.99. The molecule has 3 rings (SSSR count). The van der Waals surface area contributed by atoms with Crippen LogP contribution in [-0.2, 0) is 20.9 Å². The number of anilines is 2. The van der Waals surface area contributed by atoms with Crippen molar-refractivity contribution in [1.82, 2.24) is 0 Å². The first-order valence-electron chi connectivity index (χ1n) is 9.81. The van der Waals surface area contributed by atoms with Gasteiger partial charge in [0.15, 0.2) is 0 Å². The average molecular weight is 427 g/mol. The number of hydrogen-bond donors (Lipinski definition) is 2. The Morgan fingerprint density at radius 2 is 1.47 bits per heavy atom. The third-order valence-electron chi connectivity index (χ3n) is 4.49. The van der Waals surface area contributed by atoms with E-state index in [2.05, 4.69) is 16.7 Å². The van der Waals surface area contributed by atoms with Gasteiger partial charge in [-0.2, -0.15) is 5.26 Å². The fourth-order valence-electron chi connectivity index (χ4n) is 3.14. The third-order valence-corrected chi connectivity index (χ3v) is 4.49. The number of rotatable bonds is 6. The Morgan fingerprint density at radius 1 is 0.875 bits per heavy atom. The summed E-state index contributed by atoms with van der Waals surface area (Å²) < 4.78 is 5.41. The molecule has 0 fully saturated rings. The molecule has 2 amide bonds. The summed E-state index contributed by atoms with van der Waals surface area (Å²) in [7, 11) is 0. The number of carbonyl (C=O) groups is 3. The van der Waals surface area contributed by atoms with Crippen LogP contribution in [0.3, 0.4) is 0 Å². The number of amides is 2. The minimum atomic E-state index is -0.595. The minimum absolute atomic E-state index is 0.0405. The van der Waals surface area contributed by atoms with Gasteiger partial charge >= 0.3 is 5.97 Å². The number of nitrogens with zero attached hydrogens (tertiary/aromatic N) is 1. The van der Waals surface area contributed by atoms with Crippen LogP contribution in [0.5, 0.6) is 0 Å². The van der Waals surface area contributed by atoms with E-state index in [9.17, 15) is 19.6 Å². The predicted octanol–water partition coefficient (Wildman–Crippen LogP) is 4.50. The van der Waals surface area contributed by atoms with Crippen molar-refractivity contribution in [2.24, 2.45) is 0 Å². The van der Waals surface area contributed by atoms with Gasteiger partial charge in [0.05, 0.1) is 17.2 Å². The molecule has 0 aliphatic heterocycles. The first-order chi connectivity index (χ1) is 15.4. The van der Waals surface area contributed by atoms with Crippen molar-refractivity contribution < 1.29 is 19.1 Å². The molecule has 0 saturated heterocycles. The fourth-order valence-corrected chi connectivity index (χ4v) is 3.14. The van der Waals surface area contributed by atoms with Gasteiger partial charge in [-0.05, 0) is 41.0 Å². The number of hydrogen-bond acceptors (Lipinski definition) is 5. The van der Waals surface area contributed by atoms with Crippen LogP contribution in [0.1, 0.15) is 35.3 Å². The van der Waals surface area contributed by atoms with Gasteiger partial charge in [-0.15, -0.1) is 0 Å². The van der Waals surface area contributed by atoms with Gasteiger partial charge in [-0.1, -0.05) is 42.5 Å². The average Bonchev–Trinajstić information content (AvgIpc) is 2.76. The molecule has 3 aromatic rings. The Bertz CT molecular complexity index is 1180. The highest BCUT2D eigenvalue weighted by Gasteiger charge is 2.12. The summed E-state index contributed by atoms with van der Waals surface area (Å²) in [6, 6.07) is 21.4. The van der Waals surface area contributed by atoms with Crippen molar-refractivity contribution in [1.29, 1.82) is 5.26 Å². The summed E-state index contributed by atoms with van der Waals surface area (Å²) in [6.07, 6.45) is 0. The van der Waals surface area contributed by atoms with Gasteiger partial charge < -0.3 is 15.4 Å². The minimum Gasteiger partial charge on any atom is -0.457 e. The second-order valence-electron chi connectivity index (χ2n) is 7.09. The van der Waals surface area contributed by atoms with E-state index < -0.39 is 5.97 Å². The van der Waals surface area contributed by atoms with E-state index in [0.717, 1.165) is 16.7 Å². The number of carbonyl (C=O) groups excluding carboxylic acids is 3. The molecule has 0 unspecified atom stereocenters. The first-order valence-corrected chi connectivity index (χ1v) is 9.81. The van der Waals surface area contributed by atoms with Gasteiger partial charge in [0.2, 0.25) is 11.8 Å². The number of ether oxygens (including phenoxy) is 1. The molecule has 0 aliphatic carbocycles. The SMILES string of the molecule is CC(=O)Nc1cc(NC(C)=O)cc(C(=O)OCc2ccc(-c3ccccc3C#N)cc2)c1. The molecule has 0 saturated carbocycles. The maximum absolute atomic E-state index is 12.6. The zero-order valence-corrected chi connectivity index (χ0v) is 17.6. The predicted molar refractivity (Wildman–Crippen MR) is 121 cm³/mol. The van der Waals surface area contributed by atoms with E-state index in [4.69, 9.17) is 4.74 Å². The lowest BCUT2D eigenvalue weighted by Crippen LogP contribution is -2.12. The second kappa shape index (κ2) is 10.0. The molecule has 0 aliphatic rings. The lowest BCUT2D eigenvalue weighted by molar-refractivity contribution is -0.115. The van der Waals surface area contributed by atoms with Crippen molar-refractivity contribution in [2.45, 2.75) is 20.5 Å². The molecule has 0 radical (unpaired) electrons. The van der Waals surface area contributed by atoms with Crippen LogP contribution in [0.2, 0.25) is 0 Å². The summed E-state index contributed by atoms with van der Waals surface area (Å²) in [4.78, 5) is 35.3. The monoisotopic (exact) mass is 427 g/mol. The molecule has 0 aromatic heterocycles. The van der Waals surface area contributed by atoms with Crippen molar-refractivity contribution in [2.75, 3.05) is 10.6 Å². The van der Waals surface area contributed by atoms with Crippen LogP contribution >= 0.6 is 0 Å². The van der Waals surface area contributed by atoms with Gasteiger partial charge in [0.1, 0.15) is 6.61 Å². The molecule has 32 heavy (non-hydrogen) atoms. The molecule has 160 valence electrons. The molecule has 0 spiro atoms. The smallest absolute Gasteiger partial charge is 0.338 e. The van der Waals surface area contributed by atoms with Crippen LogP contribution in [0.15, 0.2) is 66.7 Å². The van der Waals surface area contributed by atoms with E-state index in [0.29, 0.717) is 16.9 Å². The Labute approximate surface area is 185 Å².